The molecule has 1 saturated carbocycles. The van der Waals surface area contributed by atoms with Gasteiger partial charge in [0.05, 0.1) is 17.7 Å². The van der Waals surface area contributed by atoms with Crippen LogP contribution in [-0.4, -0.2) is 29.1 Å². The second-order valence-electron chi connectivity index (χ2n) is 10.7. The smallest absolute Gasteiger partial charge is 0.316 e. The summed E-state index contributed by atoms with van der Waals surface area (Å²) in [6.07, 6.45) is 3.40. The number of aliphatic hydroxyl groups is 1. The minimum atomic E-state index is -0.708. The highest BCUT2D eigenvalue weighted by atomic mass is 16.5. The van der Waals surface area contributed by atoms with E-state index in [9.17, 15) is 9.90 Å². The van der Waals surface area contributed by atoms with Gasteiger partial charge in [-0.3, -0.25) is 10.1 Å². The Hall–Kier alpha value is -3.74. The minimum Gasteiger partial charge on any atom is -0.465 e. The largest absolute Gasteiger partial charge is 0.465 e. The van der Waals surface area contributed by atoms with E-state index in [1.807, 2.05) is 38.1 Å². The van der Waals surface area contributed by atoms with Gasteiger partial charge in [0, 0.05) is 23.6 Å². The third-order valence-electron chi connectivity index (χ3n) is 8.24. The van der Waals surface area contributed by atoms with Crippen LogP contribution in [0.1, 0.15) is 60.2 Å². The van der Waals surface area contributed by atoms with Crippen molar-refractivity contribution in [2.45, 2.75) is 63.6 Å². The number of aryl methyl sites for hydroxylation is 2. The molecule has 2 N–H and O–H groups in total. The number of benzene rings is 3. The lowest BCUT2D eigenvalue weighted by atomic mass is 9.93. The molecule has 6 heteroatoms. The molecule has 6 rings (SSSR count). The number of ether oxygens (including phenoxy) is 1. The predicted octanol–water partition coefficient (Wildman–Crippen LogP) is 6.05. The first kappa shape index (κ1) is 25.5. The number of carbonyl (C=O) groups is 1. The number of hydrogen-bond donors (Lipinski definition) is 2. The molecule has 2 aliphatic carbocycles. The molecule has 6 nitrogen and oxygen atoms in total. The zero-order valence-electron chi connectivity index (χ0n) is 22.4. The summed E-state index contributed by atoms with van der Waals surface area (Å²) in [6, 6.07) is 25.0. The van der Waals surface area contributed by atoms with Crippen molar-refractivity contribution in [3.8, 4) is 22.5 Å². The highest BCUT2D eigenvalue weighted by Crippen LogP contribution is 2.49. The van der Waals surface area contributed by atoms with Crippen LogP contribution in [-0.2, 0) is 27.8 Å². The van der Waals surface area contributed by atoms with E-state index in [-0.39, 0.29) is 12.0 Å². The highest BCUT2D eigenvalue weighted by molar-refractivity contribution is 5.87. The molecular formula is C33H34N2O4. The summed E-state index contributed by atoms with van der Waals surface area (Å²) >= 11 is 0. The van der Waals surface area contributed by atoms with Gasteiger partial charge in [-0.25, -0.2) is 0 Å². The highest BCUT2D eigenvalue weighted by Gasteiger charge is 2.52. The second-order valence-corrected chi connectivity index (χ2v) is 10.7. The number of esters is 1. The molecule has 0 radical (unpaired) electrons. The maximum absolute atomic E-state index is 12.4. The van der Waals surface area contributed by atoms with Gasteiger partial charge in [0.1, 0.15) is 6.23 Å². The molecule has 1 fully saturated rings. The number of aliphatic hydroxyl groups excluding tert-OH is 1. The Kier molecular flexibility index (Phi) is 6.83. The number of nitrogens with zero attached hydrogens (tertiary/aromatic N) is 1. The molecule has 39 heavy (non-hydrogen) atoms. The van der Waals surface area contributed by atoms with Crippen molar-refractivity contribution < 1.29 is 19.2 Å². The number of fused-ring (bicyclic) bond motifs is 1. The van der Waals surface area contributed by atoms with Gasteiger partial charge in [-0.2, -0.15) is 0 Å². The third-order valence-corrected chi connectivity index (χ3v) is 8.24. The van der Waals surface area contributed by atoms with Crippen LogP contribution >= 0.6 is 0 Å². The van der Waals surface area contributed by atoms with Crippen molar-refractivity contribution in [1.29, 1.82) is 0 Å². The molecule has 1 heterocycles. The molecular weight excluding hydrogens is 488 g/mol. The Morgan fingerprint density at radius 1 is 1.05 bits per heavy atom. The van der Waals surface area contributed by atoms with Crippen molar-refractivity contribution in [2.24, 2.45) is 0 Å². The number of hydrogen-bond acceptors (Lipinski definition) is 6. The Labute approximate surface area is 229 Å². The predicted molar refractivity (Wildman–Crippen MR) is 150 cm³/mol. The Balaban J connectivity index is 1.15. The Bertz CT molecular complexity index is 1470. The SMILES string of the molecule is CCOC(=O)C1(c2ccc(-c3ccc(-c4onc(C)c4CC(O)N[C@H]4CCc5ccccc54)cc3)cc2)CC1. The van der Waals surface area contributed by atoms with Crippen LogP contribution in [0.2, 0.25) is 0 Å². The Morgan fingerprint density at radius 3 is 2.41 bits per heavy atom. The van der Waals surface area contributed by atoms with Gasteiger partial charge >= 0.3 is 5.97 Å². The summed E-state index contributed by atoms with van der Waals surface area (Å²) in [6.45, 7) is 4.17. The molecule has 200 valence electrons. The van der Waals surface area contributed by atoms with Crippen molar-refractivity contribution in [3.63, 3.8) is 0 Å². The third kappa shape index (κ3) is 4.90. The van der Waals surface area contributed by atoms with Gasteiger partial charge in [-0.05, 0) is 67.3 Å². The minimum absolute atomic E-state index is 0.117. The van der Waals surface area contributed by atoms with Gasteiger partial charge in [0.25, 0.3) is 0 Å². The fourth-order valence-corrected chi connectivity index (χ4v) is 5.87. The van der Waals surface area contributed by atoms with E-state index in [4.69, 9.17) is 9.26 Å². The summed E-state index contributed by atoms with van der Waals surface area (Å²) in [7, 11) is 0. The first-order valence-electron chi connectivity index (χ1n) is 13.8. The van der Waals surface area contributed by atoms with E-state index in [1.165, 1.54) is 11.1 Å². The van der Waals surface area contributed by atoms with E-state index < -0.39 is 11.6 Å². The summed E-state index contributed by atoms with van der Waals surface area (Å²) in [5.41, 5.74) is 7.96. The summed E-state index contributed by atoms with van der Waals surface area (Å²) in [5.74, 6) is 0.570. The van der Waals surface area contributed by atoms with Crippen LogP contribution in [0.15, 0.2) is 77.3 Å². The van der Waals surface area contributed by atoms with Crippen molar-refractivity contribution in [3.05, 3.63) is 101 Å². The topological polar surface area (TPSA) is 84.6 Å². The first-order chi connectivity index (χ1) is 19.0. The molecule has 0 bridgehead atoms. The molecule has 0 spiro atoms. The molecule has 0 saturated heterocycles. The Morgan fingerprint density at radius 2 is 1.72 bits per heavy atom. The van der Waals surface area contributed by atoms with Crippen LogP contribution in [0.4, 0.5) is 0 Å². The first-order valence-corrected chi connectivity index (χ1v) is 13.8. The normalized spacial score (nSPS) is 18.0. The lowest BCUT2D eigenvalue weighted by molar-refractivity contribution is -0.146. The van der Waals surface area contributed by atoms with Crippen molar-refractivity contribution in [2.75, 3.05) is 6.61 Å². The molecule has 2 atom stereocenters. The quantitative estimate of drug-likeness (QED) is 0.206. The van der Waals surface area contributed by atoms with Crippen molar-refractivity contribution in [1.82, 2.24) is 10.5 Å². The molecule has 1 aromatic heterocycles. The lowest BCUT2D eigenvalue weighted by Gasteiger charge is -2.19. The van der Waals surface area contributed by atoms with Crippen LogP contribution in [0.25, 0.3) is 22.5 Å². The number of rotatable bonds is 9. The van der Waals surface area contributed by atoms with Gasteiger partial charge in [-0.1, -0.05) is 78.0 Å². The van der Waals surface area contributed by atoms with Gasteiger partial charge in [0.2, 0.25) is 0 Å². The molecule has 4 aromatic rings. The average Bonchev–Trinajstić information content (AvgIpc) is 3.57. The fraction of sp³-hybridized carbons (Fsp3) is 0.333. The van der Waals surface area contributed by atoms with Gasteiger partial charge in [-0.15, -0.1) is 0 Å². The van der Waals surface area contributed by atoms with Crippen molar-refractivity contribution >= 4 is 5.97 Å². The van der Waals surface area contributed by atoms with E-state index >= 15 is 0 Å². The van der Waals surface area contributed by atoms with E-state index in [2.05, 4.69) is 59.0 Å². The summed E-state index contributed by atoms with van der Waals surface area (Å²) in [5, 5.41) is 18.5. The number of aromatic nitrogens is 1. The maximum Gasteiger partial charge on any atom is 0.316 e. The molecule has 3 aromatic carbocycles. The molecule has 1 unspecified atom stereocenters. The molecule has 2 aliphatic rings. The lowest BCUT2D eigenvalue weighted by Crippen LogP contribution is -2.33. The monoisotopic (exact) mass is 522 g/mol. The maximum atomic E-state index is 12.4. The van der Waals surface area contributed by atoms with Crippen LogP contribution in [0, 0.1) is 6.92 Å². The fourth-order valence-electron chi connectivity index (χ4n) is 5.87. The van der Waals surface area contributed by atoms with Crippen LogP contribution in [0.3, 0.4) is 0 Å². The zero-order chi connectivity index (χ0) is 27.0. The van der Waals surface area contributed by atoms with E-state index in [0.29, 0.717) is 18.8 Å². The van der Waals surface area contributed by atoms with Gasteiger partial charge in [0.15, 0.2) is 5.76 Å². The average molecular weight is 523 g/mol. The van der Waals surface area contributed by atoms with Crippen LogP contribution in [0.5, 0.6) is 0 Å². The number of nitrogens with one attached hydrogen (secondary N) is 1. The van der Waals surface area contributed by atoms with E-state index in [1.54, 1.807) is 0 Å². The number of carbonyl (C=O) groups excluding carboxylic acids is 1. The summed E-state index contributed by atoms with van der Waals surface area (Å²) < 4.78 is 11.0. The van der Waals surface area contributed by atoms with Gasteiger partial charge < -0.3 is 14.4 Å². The zero-order valence-corrected chi connectivity index (χ0v) is 22.4. The van der Waals surface area contributed by atoms with Crippen LogP contribution < -0.4 is 5.32 Å². The molecule has 0 amide bonds. The second kappa shape index (κ2) is 10.4. The standard InChI is InChI=1S/C33H34N2O4/c1-3-38-32(37)33(18-19-33)26-15-12-23(13-16-26)22-8-10-25(11-9-22)31-28(21(2)35-39-31)20-30(36)34-29-17-14-24-6-4-5-7-27(24)29/h4-13,15-16,29-30,34,36H,3,14,17-20H2,1-2H3/t29-,30?/m0/s1. The van der Waals surface area contributed by atoms with E-state index in [0.717, 1.165) is 59.2 Å². The summed E-state index contributed by atoms with van der Waals surface area (Å²) in [4.78, 5) is 12.4. The molecule has 0 aliphatic heterocycles.